The predicted octanol–water partition coefficient (Wildman–Crippen LogP) is 3.03. The molecule has 2 aliphatic rings. The van der Waals surface area contributed by atoms with Crippen molar-refractivity contribution in [2.24, 2.45) is 22.2 Å². The van der Waals surface area contributed by atoms with Gasteiger partial charge in [0.1, 0.15) is 11.6 Å². The summed E-state index contributed by atoms with van der Waals surface area (Å²) in [6.45, 7) is 10.5. The van der Waals surface area contributed by atoms with Crippen LogP contribution in [-0.2, 0) is 19.1 Å². The van der Waals surface area contributed by atoms with Gasteiger partial charge in [0.25, 0.3) is 0 Å². The molecule has 0 aliphatic heterocycles. The molecule has 0 amide bonds. The number of carbonyl (C=O) groups is 3. The lowest BCUT2D eigenvalue weighted by Crippen LogP contribution is -2.50. The van der Waals surface area contributed by atoms with Crippen molar-refractivity contribution in [2.75, 3.05) is 0 Å². The van der Waals surface area contributed by atoms with E-state index in [-0.39, 0.29) is 29.8 Å². The van der Waals surface area contributed by atoms with E-state index in [9.17, 15) is 19.5 Å². The van der Waals surface area contributed by atoms with Crippen molar-refractivity contribution in [3.63, 3.8) is 0 Å². The number of aliphatic hydroxyl groups is 1. The number of ether oxygens (including phenoxy) is 1. The first-order valence-corrected chi connectivity index (χ1v) is 8.76. The third kappa shape index (κ3) is 2.52. The number of hydrogen-bond donors (Lipinski definition) is 1. The quantitative estimate of drug-likeness (QED) is 0.457. The van der Waals surface area contributed by atoms with Crippen LogP contribution in [0.15, 0.2) is 0 Å². The summed E-state index contributed by atoms with van der Waals surface area (Å²) in [6.07, 6.45) is 2.37. The minimum atomic E-state index is -1.46. The Morgan fingerprint density at radius 3 is 2.08 bits per heavy atom. The Kier molecular flexibility index (Phi) is 4.50. The van der Waals surface area contributed by atoms with E-state index in [1.54, 1.807) is 6.92 Å². The summed E-state index contributed by atoms with van der Waals surface area (Å²) in [4.78, 5) is 35.8. The van der Waals surface area contributed by atoms with Gasteiger partial charge >= 0.3 is 5.97 Å². The highest BCUT2D eigenvalue weighted by atomic mass is 16.7. The SMILES string of the molecule is CC(=O)C(C)(CCC(=O)O[C@]1(O)C[C@H]2CC[C@]1(C)C2(C)C)C(C)=O. The molecule has 24 heavy (non-hydrogen) atoms. The molecule has 1 N–H and O–H groups in total. The van der Waals surface area contributed by atoms with Gasteiger partial charge in [-0.1, -0.05) is 20.8 Å². The third-order valence-electron chi connectivity index (χ3n) is 7.49. The van der Waals surface area contributed by atoms with Crippen molar-refractivity contribution in [3.05, 3.63) is 0 Å². The molecule has 0 radical (unpaired) electrons. The van der Waals surface area contributed by atoms with Gasteiger partial charge < -0.3 is 9.84 Å². The fourth-order valence-corrected chi connectivity index (χ4v) is 4.56. The molecule has 0 heterocycles. The van der Waals surface area contributed by atoms with Crippen LogP contribution in [0.2, 0.25) is 0 Å². The van der Waals surface area contributed by atoms with Gasteiger partial charge in [0, 0.05) is 18.3 Å². The van der Waals surface area contributed by atoms with Crippen LogP contribution in [0, 0.1) is 22.2 Å². The van der Waals surface area contributed by atoms with Crippen LogP contribution in [0.3, 0.4) is 0 Å². The summed E-state index contributed by atoms with van der Waals surface area (Å²) in [7, 11) is 0. The van der Waals surface area contributed by atoms with Crippen molar-refractivity contribution < 1.29 is 24.2 Å². The molecular formula is C19H30O5. The van der Waals surface area contributed by atoms with Crippen molar-refractivity contribution in [3.8, 4) is 0 Å². The first-order valence-electron chi connectivity index (χ1n) is 8.76. The topological polar surface area (TPSA) is 80.7 Å². The van der Waals surface area contributed by atoms with E-state index in [1.807, 2.05) is 6.92 Å². The molecular weight excluding hydrogens is 308 g/mol. The molecule has 0 spiro atoms. The van der Waals surface area contributed by atoms with E-state index >= 15 is 0 Å². The second-order valence-electron chi connectivity index (χ2n) is 8.70. The Morgan fingerprint density at radius 1 is 1.17 bits per heavy atom. The number of ketones is 2. The standard InChI is InChI=1S/C19H30O5/c1-12(20)17(5,13(2)21)9-8-15(22)24-19(23)11-14-7-10-18(19,6)16(14,3)4/h14,23H,7-11H2,1-6H3/t14-,18-,19-/m1/s1. The molecule has 0 unspecified atom stereocenters. The van der Waals surface area contributed by atoms with Crippen LogP contribution in [0.4, 0.5) is 0 Å². The monoisotopic (exact) mass is 338 g/mol. The molecule has 5 nitrogen and oxygen atoms in total. The Balaban J connectivity index is 2.06. The Bertz CT molecular complexity index is 564. The van der Waals surface area contributed by atoms with Crippen molar-refractivity contribution in [1.82, 2.24) is 0 Å². The maximum atomic E-state index is 12.3. The summed E-state index contributed by atoms with van der Waals surface area (Å²) in [6, 6.07) is 0. The molecule has 3 atom stereocenters. The molecule has 136 valence electrons. The van der Waals surface area contributed by atoms with E-state index in [2.05, 4.69) is 13.8 Å². The van der Waals surface area contributed by atoms with Gasteiger partial charge in [-0.25, -0.2) is 0 Å². The zero-order valence-electron chi connectivity index (χ0n) is 15.7. The number of fused-ring (bicyclic) bond motifs is 2. The van der Waals surface area contributed by atoms with Gasteiger partial charge in [-0.3, -0.25) is 14.4 Å². The van der Waals surface area contributed by atoms with Crippen LogP contribution in [-0.4, -0.2) is 28.4 Å². The van der Waals surface area contributed by atoms with Crippen molar-refractivity contribution >= 4 is 17.5 Å². The summed E-state index contributed by atoms with van der Waals surface area (Å²) in [5.74, 6) is -2.18. The number of Topliss-reactive ketones (excluding diaryl/α,β-unsaturated/α-hetero) is 2. The molecule has 0 aromatic carbocycles. The normalized spacial score (nSPS) is 34.2. The molecule has 2 saturated carbocycles. The lowest BCUT2D eigenvalue weighted by atomic mass is 9.68. The van der Waals surface area contributed by atoms with Gasteiger partial charge in [0.2, 0.25) is 5.79 Å². The van der Waals surface area contributed by atoms with Gasteiger partial charge in [0.05, 0.1) is 5.41 Å². The number of rotatable bonds is 6. The zero-order valence-corrected chi connectivity index (χ0v) is 15.7. The van der Waals surface area contributed by atoms with Gasteiger partial charge in [0.15, 0.2) is 0 Å². The van der Waals surface area contributed by atoms with E-state index in [0.717, 1.165) is 12.8 Å². The molecule has 0 aromatic heterocycles. The molecule has 2 rings (SSSR count). The Labute approximate surface area is 144 Å². The first kappa shape index (κ1) is 19.1. The summed E-state index contributed by atoms with van der Waals surface area (Å²) < 4.78 is 5.52. The van der Waals surface area contributed by atoms with Gasteiger partial charge in [-0.15, -0.1) is 0 Å². The van der Waals surface area contributed by atoms with E-state index in [1.165, 1.54) is 13.8 Å². The Morgan fingerprint density at radius 2 is 1.71 bits per heavy atom. The molecule has 2 aliphatic carbocycles. The second kappa shape index (κ2) is 5.65. The third-order valence-corrected chi connectivity index (χ3v) is 7.49. The fraction of sp³-hybridized carbons (Fsp3) is 0.842. The van der Waals surface area contributed by atoms with E-state index in [4.69, 9.17) is 4.74 Å². The minimum absolute atomic E-state index is 0.0564. The molecule has 5 heteroatoms. The zero-order chi connectivity index (χ0) is 18.6. The van der Waals surface area contributed by atoms with Crippen LogP contribution in [0.25, 0.3) is 0 Å². The smallest absolute Gasteiger partial charge is 0.308 e. The maximum Gasteiger partial charge on any atom is 0.308 e. The largest absolute Gasteiger partial charge is 0.433 e. The first-order chi connectivity index (χ1) is 10.8. The number of carbonyl (C=O) groups excluding carboxylic acids is 3. The molecule has 0 saturated heterocycles. The fourth-order valence-electron chi connectivity index (χ4n) is 4.56. The van der Waals surface area contributed by atoms with Crippen LogP contribution in [0.1, 0.15) is 73.6 Å². The Hall–Kier alpha value is -1.23. The maximum absolute atomic E-state index is 12.3. The summed E-state index contributed by atoms with van der Waals surface area (Å²) in [5, 5.41) is 11.0. The van der Waals surface area contributed by atoms with E-state index < -0.39 is 22.6 Å². The highest BCUT2D eigenvalue weighted by Crippen LogP contribution is 2.69. The van der Waals surface area contributed by atoms with Crippen molar-refractivity contribution in [2.45, 2.75) is 79.4 Å². The lowest BCUT2D eigenvalue weighted by molar-refractivity contribution is -0.261. The highest BCUT2D eigenvalue weighted by Gasteiger charge is 2.70. The van der Waals surface area contributed by atoms with Crippen molar-refractivity contribution in [1.29, 1.82) is 0 Å². The number of esters is 1. The lowest BCUT2D eigenvalue weighted by Gasteiger charge is -2.44. The average Bonchev–Trinajstić information content (AvgIpc) is 2.75. The van der Waals surface area contributed by atoms with Gasteiger partial charge in [-0.05, 0) is 51.4 Å². The predicted molar refractivity (Wildman–Crippen MR) is 89.0 cm³/mol. The molecule has 2 fully saturated rings. The van der Waals surface area contributed by atoms with Crippen LogP contribution < -0.4 is 0 Å². The van der Waals surface area contributed by atoms with Crippen LogP contribution >= 0.6 is 0 Å². The summed E-state index contributed by atoms with van der Waals surface area (Å²) in [5.41, 5.74) is -1.72. The van der Waals surface area contributed by atoms with Gasteiger partial charge in [-0.2, -0.15) is 0 Å². The molecule has 2 bridgehead atoms. The summed E-state index contributed by atoms with van der Waals surface area (Å²) >= 11 is 0. The second-order valence-corrected chi connectivity index (χ2v) is 8.70. The highest BCUT2D eigenvalue weighted by molar-refractivity contribution is 6.04. The molecule has 0 aromatic rings. The number of hydrogen-bond acceptors (Lipinski definition) is 5. The van der Waals surface area contributed by atoms with E-state index in [0.29, 0.717) is 12.3 Å². The minimum Gasteiger partial charge on any atom is -0.433 e. The average molecular weight is 338 g/mol. The van der Waals surface area contributed by atoms with Crippen LogP contribution in [0.5, 0.6) is 0 Å².